The van der Waals surface area contributed by atoms with Crippen LogP contribution in [0.3, 0.4) is 0 Å². The molecule has 0 saturated carbocycles. The number of amides is 1. The third-order valence-electron chi connectivity index (χ3n) is 3.10. The lowest BCUT2D eigenvalue weighted by Crippen LogP contribution is -2.18. The fourth-order valence-electron chi connectivity index (χ4n) is 1.90. The molecule has 20 heavy (non-hydrogen) atoms. The summed E-state index contributed by atoms with van der Waals surface area (Å²) >= 11 is 0. The zero-order chi connectivity index (χ0) is 14.7. The standard InChI is InChI=1S/C15H20N4O/c1-9(2)16-13-8-6-5-7-12(13)15(20)17-14-10(3)11(4)18-19-14/h5-9,16H,1-4H3,(H2,17,18,19,20). The molecule has 0 aliphatic carbocycles. The number of anilines is 2. The van der Waals surface area contributed by atoms with Crippen LogP contribution < -0.4 is 10.6 Å². The topological polar surface area (TPSA) is 69.8 Å². The van der Waals surface area contributed by atoms with Crippen molar-refractivity contribution in [3.05, 3.63) is 41.1 Å². The van der Waals surface area contributed by atoms with Crippen molar-refractivity contribution in [2.75, 3.05) is 10.6 Å². The number of rotatable bonds is 4. The minimum absolute atomic E-state index is 0.164. The number of aromatic nitrogens is 2. The summed E-state index contributed by atoms with van der Waals surface area (Å²) in [5.41, 5.74) is 3.34. The zero-order valence-corrected chi connectivity index (χ0v) is 12.2. The van der Waals surface area contributed by atoms with E-state index < -0.39 is 0 Å². The van der Waals surface area contributed by atoms with Crippen molar-refractivity contribution in [1.82, 2.24) is 10.2 Å². The predicted molar refractivity (Wildman–Crippen MR) is 81.2 cm³/mol. The van der Waals surface area contributed by atoms with Gasteiger partial charge >= 0.3 is 0 Å². The van der Waals surface area contributed by atoms with E-state index in [1.807, 2.05) is 45.9 Å². The van der Waals surface area contributed by atoms with E-state index in [2.05, 4.69) is 20.8 Å². The van der Waals surface area contributed by atoms with Gasteiger partial charge in [0.05, 0.1) is 5.56 Å². The summed E-state index contributed by atoms with van der Waals surface area (Å²) in [7, 11) is 0. The molecule has 5 heteroatoms. The van der Waals surface area contributed by atoms with Crippen molar-refractivity contribution in [2.24, 2.45) is 0 Å². The zero-order valence-electron chi connectivity index (χ0n) is 12.2. The van der Waals surface area contributed by atoms with E-state index in [4.69, 9.17) is 0 Å². The van der Waals surface area contributed by atoms with E-state index in [1.165, 1.54) is 0 Å². The maximum atomic E-state index is 12.4. The molecule has 2 aromatic rings. The number of para-hydroxylation sites is 1. The average molecular weight is 272 g/mol. The molecule has 3 N–H and O–H groups in total. The van der Waals surface area contributed by atoms with Gasteiger partial charge in [0.2, 0.25) is 0 Å². The van der Waals surface area contributed by atoms with E-state index in [9.17, 15) is 4.79 Å². The SMILES string of the molecule is Cc1[nH]nc(NC(=O)c2ccccc2NC(C)C)c1C. The van der Waals surface area contributed by atoms with Crippen molar-refractivity contribution < 1.29 is 4.79 Å². The number of hydrogen-bond donors (Lipinski definition) is 3. The first-order valence-electron chi connectivity index (χ1n) is 6.67. The van der Waals surface area contributed by atoms with Crippen LogP contribution in [0.1, 0.15) is 35.5 Å². The number of H-pyrrole nitrogens is 1. The number of nitrogens with zero attached hydrogens (tertiary/aromatic N) is 1. The van der Waals surface area contributed by atoms with Gasteiger partial charge in [-0.2, -0.15) is 5.10 Å². The smallest absolute Gasteiger partial charge is 0.258 e. The second-order valence-corrected chi connectivity index (χ2v) is 5.12. The summed E-state index contributed by atoms with van der Waals surface area (Å²) in [6, 6.07) is 7.72. The molecule has 2 rings (SSSR count). The minimum Gasteiger partial charge on any atom is -0.382 e. The Kier molecular flexibility index (Phi) is 4.08. The number of aromatic amines is 1. The predicted octanol–water partition coefficient (Wildman–Crippen LogP) is 3.10. The third kappa shape index (κ3) is 2.99. The van der Waals surface area contributed by atoms with Crippen LogP contribution in [0.2, 0.25) is 0 Å². The molecule has 1 amide bonds. The Labute approximate surface area is 118 Å². The van der Waals surface area contributed by atoms with Crippen molar-refractivity contribution in [1.29, 1.82) is 0 Å². The lowest BCUT2D eigenvalue weighted by molar-refractivity contribution is 0.102. The Hall–Kier alpha value is -2.30. The number of benzene rings is 1. The van der Waals surface area contributed by atoms with Gasteiger partial charge in [-0.25, -0.2) is 0 Å². The molecule has 0 bridgehead atoms. The molecule has 1 aromatic heterocycles. The molecule has 0 aliphatic rings. The summed E-state index contributed by atoms with van der Waals surface area (Å²) < 4.78 is 0. The van der Waals surface area contributed by atoms with Gasteiger partial charge in [0.15, 0.2) is 5.82 Å². The highest BCUT2D eigenvalue weighted by atomic mass is 16.1. The van der Waals surface area contributed by atoms with Gasteiger partial charge in [-0.1, -0.05) is 12.1 Å². The van der Waals surface area contributed by atoms with Crippen molar-refractivity contribution in [3.8, 4) is 0 Å². The number of carbonyl (C=O) groups excluding carboxylic acids is 1. The Morgan fingerprint density at radius 2 is 1.95 bits per heavy atom. The number of nitrogens with one attached hydrogen (secondary N) is 3. The van der Waals surface area contributed by atoms with Crippen LogP contribution in [-0.2, 0) is 0 Å². The lowest BCUT2D eigenvalue weighted by atomic mass is 10.1. The lowest BCUT2D eigenvalue weighted by Gasteiger charge is -2.14. The van der Waals surface area contributed by atoms with E-state index in [0.29, 0.717) is 11.4 Å². The second kappa shape index (κ2) is 5.77. The number of hydrogen-bond acceptors (Lipinski definition) is 3. The molecule has 0 atom stereocenters. The largest absolute Gasteiger partial charge is 0.382 e. The highest BCUT2D eigenvalue weighted by Gasteiger charge is 2.14. The summed E-state index contributed by atoms with van der Waals surface area (Å²) in [6.07, 6.45) is 0. The number of carbonyl (C=O) groups is 1. The third-order valence-corrected chi connectivity index (χ3v) is 3.10. The van der Waals surface area contributed by atoms with Gasteiger partial charge in [0.25, 0.3) is 5.91 Å². The maximum Gasteiger partial charge on any atom is 0.258 e. The molecule has 0 saturated heterocycles. The Morgan fingerprint density at radius 3 is 2.55 bits per heavy atom. The molecule has 0 fully saturated rings. The highest BCUT2D eigenvalue weighted by Crippen LogP contribution is 2.19. The van der Waals surface area contributed by atoms with E-state index in [0.717, 1.165) is 16.9 Å². The molecule has 0 spiro atoms. The van der Waals surface area contributed by atoms with Crippen molar-refractivity contribution in [2.45, 2.75) is 33.7 Å². The summed E-state index contributed by atoms with van der Waals surface area (Å²) in [6.45, 7) is 7.92. The normalized spacial score (nSPS) is 10.7. The first-order valence-corrected chi connectivity index (χ1v) is 6.67. The molecule has 1 aromatic carbocycles. The quantitative estimate of drug-likeness (QED) is 0.801. The van der Waals surface area contributed by atoms with E-state index in [-0.39, 0.29) is 11.9 Å². The number of aryl methyl sites for hydroxylation is 1. The summed E-state index contributed by atoms with van der Waals surface area (Å²) in [5, 5.41) is 13.1. The Balaban J connectivity index is 2.23. The van der Waals surface area contributed by atoms with Gasteiger partial charge in [0.1, 0.15) is 0 Å². The van der Waals surface area contributed by atoms with Gasteiger partial charge < -0.3 is 10.6 Å². The molecular formula is C15H20N4O. The first kappa shape index (κ1) is 14.1. The summed E-state index contributed by atoms with van der Waals surface area (Å²) in [5.74, 6) is 0.412. The molecule has 5 nitrogen and oxygen atoms in total. The Bertz CT molecular complexity index is 616. The molecule has 1 heterocycles. The van der Waals surface area contributed by atoms with Crippen LogP contribution in [0.4, 0.5) is 11.5 Å². The van der Waals surface area contributed by atoms with Crippen LogP contribution in [0, 0.1) is 13.8 Å². The second-order valence-electron chi connectivity index (χ2n) is 5.12. The fraction of sp³-hybridized carbons (Fsp3) is 0.333. The highest BCUT2D eigenvalue weighted by molar-refractivity contribution is 6.07. The van der Waals surface area contributed by atoms with Crippen LogP contribution in [0.5, 0.6) is 0 Å². The fourth-order valence-corrected chi connectivity index (χ4v) is 1.90. The summed E-state index contributed by atoms with van der Waals surface area (Å²) in [4.78, 5) is 12.4. The maximum absolute atomic E-state index is 12.4. The van der Waals surface area contributed by atoms with Crippen LogP contribution in [-0.4, -0.2) is 22.1 Å². The van der Waals surface area contributed by atoms with Gasteiger partial charge in [0, 0.05) is 23.0 Å². The minimum atomic E-state index is -0.164. The van der Waals surface area contributed by atoms with Gasteiger partial charge in [-0.05, 0) is 39.8 Å². The van der Waals surface area contributed by atoms with Gasteiger partial charge in [-0.3, -0.25) is 9.89 Å². The molecule has 0 aliphatic heterocycles. The molecular weight excluding hydrogens is 252 g/mol. The first-order chi connectivity index (χ1) is 9.49. The van der Waals surface area contributed by atoms with Gasteiger partial charge in [-0.15, -0.1) is 0 Å². The van der Waals surface area contributed by atoms with Crippen LogP contribution in [0.15, 0.2) is 24.3 Å². The molecule has 0 radical (unpaired) electrons. The van der Waals surface area contributed by atoms with E-state index in [1.54, 1.807) is 6.07 Å². The Morgan fingerprint density at radius 1 is 1.25 bits per heavy atom. The van der Waals surface area contributed by atoms with Crippen molar-refractivity contribution >= 4 is 17.4 Å². The van der Waals surface area contributed by atoms with E-state index >= 15 is 0 Å². The van der Waals surface area contributed by atoms with Crippen molar-refractivity contribution in [3.63, 3.8) is 0 Å². The average Bonchev–Trinajstić information content (AvgIpc) is 2.70. The van der Waals surface area contributed by atoms with Crippen LogP contribution >= 0.6 is 0 Å². The van der Waals surface area contributed by atoms with Crippen LogP contribution in [0.25, 0.3) is 0 Å². The monoisotopic (exact) mass is 272 g/mol. The molecule has 0 unspecified atom stereocenters. The molecule has 106 valence electrons.